The predicted octanol–water partition coefficient (Wildman–Crippen LogP) is 3.59. The van der Waals surface area contributed by atoms with Crippen LogP contribution in [0.5, 0.6) is 11.5 Å². The van der Waals surface area contributed by atoms with E-state index in [4.69, 9.17) is 14.2 Å². The quantitative estimate of drug-likeness (QED) is 0.648. The van der Waals surface area contributed by atoms with Crippen LogP contribution in [0.1, 0.15) is 40.0 Å². The Bertz CT molecular complexity index is 403. The molecule has 0 aliphatic carbocycles. The van der Waals surface area contributed by atoms with Crippen molar-refractivity contribution < 1.29 is 19.0 Å². The van der Waals surface area contributed by atoms with Gasteiger partial charge in [0.05, 0.1) is 12.7 Å². The van der Waals surface area contributed by atoms with E-state index in [9.17, 15) is 4.79 Å². The minimum atomic E-state index is -0.372. The van der Waals surface area contributed by atoms with Crippen LogP contribution in [0, 0.1) is 0 Å². The molecule has 0 bridgehead atoms. The molecular formula is C16H24O4. The highest BCUT2D eigenvalue weighted by molar-refractivity contribution is 5.71. The van der Waals surface area contributed by atoms with Crippen molar-refractivity contribution in [3.8, 4) is 11.5 Å². The summed E-state index contributed by atoms with van der Waals surface area (Å²) in [5.41, 5.74) is 0. The summed E-state index contributed by atoms with van der Waals surface area (Å²) in [4.78, 5) is 11.3. The average molecular weight is 280 g/mol. The molecule has 0 spiro atoms. The molecule has 112 valence electrons. The zero-order valence-corrected chi connectivity index (χ0v) is 12.6. The van der Waals surface area contributed by atoms with Crippen molar-refractivity contribution in [3.05, 3.63) is 24.3 Å². The number of ether oxygens (including phenoxy) is 3. The minimum absolute atomic E-state index is 0.0984. The van der Waals surface area contributed by atoms with Gasteiger partial charge in [0.25, 0.3) is 0 Å². The summed E-state index contributed by atoms with van der Waals surface area (Å²) in [5.74, 6) is 0.884. The number of hydrogen-bond acceptors (Lipinski definition) is 4. The molecule has 4 nitrogen and oxygen atoms in total. The fourth-order valence-electron chi connectivity index (χ4n) is 1.85. The first-order valence-corrected chi connectivity index (χ1v) is 7.25. The van der Waals surface area contributed by atoms with E-state index in [-0.39, 0.29) is 18.7 Å². The van der Waals surface area contributed by atoms with Crippen molar-refractivity contribution in [1.82, 2.24) is 0 Å². The summed E-state index contributed by atoms with van der Waals surface area (Å²) in [6.07, 6.45) is 3.19. The molecule has 0 aliphatic heterocycles. The topological polar surface area (TPSA) is 44.8 Å². The smallest absolute Gasteiger partial charge is 0.344 e. The van der Waals surface area contributed by atoms with Crippen LogP contribution in [-0.4, -0.2) is 25.3 Å². The third kappa shape index (κ3) is 5.51. The Balaban J connectivity index is 2.65. The van der Waals surface area contributed by atoms with Crippen LogP contribution in [0.3, 0.4) is 0 Å². The summed E-state index contributed by atoms with van der Waals surface area (Å²) >= 11 is 0. The number of hydrogen-bond donors (Lipinski definition) is 0. The number of para-hydroxylation sites is 2. The summed E-state index contributed by atoms with van der Waals surface area (Å²) in [6.45, 7) is 6.26. The molecule has 0 saturated carbocycles. The van der Waals surface area contributed by atoms with Crippen LogP contribution in [0.2, 0.25) is 0 Å². The molecule has 0 N–H and O–H groups in total. The van der Waals surface area contributed by atoms with Crippen molar-refractivity contribution in [2.75, 3.05) is 13.2 Å². The first-order valence-electron chi connectivity index (χ1n) is 7.25. The fraction of sp³-hybridized carbons (Fsp3) is 0.562. The molecule has 0 radical (unpaired) electrons. The monoisotopic (exact) mass is 280 g/mol. The molecule has 0 amide bonds. The normalized spacial score (nSPS) is 11.8. The van der Waals surface area contributed by atoms with Crippen LogP contribution in [0.25, 0.3) is 0 Å². The number of benzene rings is 1. The lowest BCUT2D eigenvalue weighted by atomic mass is 10.1. The number of esters is 1. The zero-order chi connectivity index (χ0) is 14.8. The Hall–Kier alpha value is -1.71. The largest absolute Gasteiger partial charge is 0.487 e. The van der Waals surface area contributed by atoms with Crippen molar-refractivity contribution in [2.24, 2.45) is 0 Å². The highest BCUT2D eigenvalue weighted by Crippen LogP contribution is 2.28. The van der Waals surface area contributed by atoms with E-state index in [2.05, 4.69) is 13.8 Å². The second-order valence-corrected chi connectivity index (χ2v) is 4.48. The lowest BCUT2D eigenvalue weighted by Gasteiger charge is -2.19. The van der Waals surface area contributed by atoms with Gasteiger partial charge in [-0.05, 0) is 31.9 Å². The van der Waals surface area contributed by atoms with Gasteiger partial charge in [-0.1, -0.05) is 32.4 Å². The van der Waals surface area contributed by atoms with E-state index in [0.717, 1.165) is 19.3 Å². The third-order valence-electron chi connectivity index (χ3n) is 2.86. The predicted molar refractivity (Wildman–Crippen MR) is 78.2 cm³/mol. The Morgan fingerprint density at radius 3 is 2.45 bits per heavy atom. The lowest BCUT2D eigenvalue weighted by molar-refractivity contribution is -0.145. The van der Waals surface area contributed by atoms with Gasteiger partial charge in [-0.25, -0.2) is 4.79 Å². The maximum atomic E-state index is 11.3. The van der Waals surface area contributed by atoms with Gasteiger partial charge in [-0.3, -0.25) is 0 Å². The molecule has 1 rings (SSSR count). The van der Waals surface area contributed by atoms with Crippen LogP contribution in [0.15, 0.2) is 24.3 Å². The highest BCUT2D eigenvalue weighted by atomic mass is 16.6. The Morgan fingerprint density at radius 2 is 1.85 bits per heavy atom. The molecule has 1 aromatic carbocycles. The molecule has 0 aromatic heterocycles. The molecule has 1 atom stereocenters. The van der Waals surface area contributed by atoms with Crippen molar-refractivity contribution in [3.63, 3.8) is 0 Å². The number of carbonyl (C=O) groups excluding carboxylic acids is 1. The SMILES string of the molecule is CCCC(CC)Oc1ccccc1OCC(=O)OCC. The van der Waals surface area contributed by atoms with Gasteiger partial charge in [0, 0.05) is 0 Å². The number of rotatable bonds is 9. The molecule has 1 unspecified atom stereocenters. The molecule has 1 aromatic rings. The Morgan fingerprint density at radius 1 is 1.15 bits per heavy atom. The summed E-state index contributed by atoms with van der Waals surface area (Å²) in [5, 5.41) is 0. The van der Waals surface area contributed by atoms with Crippen LogP contribution >= 0.6 is 0 Å². The summed E-state index contributed by atoms with van der Waals surface area (Å²) in [7, 11) is 0. The first kappa shape index (κ1) is 16.3. The molecule has 0 saturated heterocycles. The van der Waals surface area contributed by atoms with E-state index >= 15 is 0 Å². The molecule has 0 fully saturated rings. The van der Waals surface area contributed by atoms with Crippen molar-refractivity contribution >= 4 is 5.97 Å². The molecular weight excluding hydrogens is 256 g/mol. The summed E-state index contributed by atoms with van der Waals surface area (Å²) < 4.78 is 16.3. The summed E-state index contributed by atoms with van der Waals surface area (Å²) in [6, 6.07) is 7.41. The molecule has 20 heavy (non-hydrogen) atoms. The standard InChI is InChI=1S/C16H24O4/c1-4-9-13(5-2)20-15-11-8-7-10-14(15)19-12-16(17)18-6-3/h7-8,10-11,13H,4-6,9,12H2,1-3H3. The molecule has 4 heteroatoms. The van der Waals surface area contributed by atoms with Gasteiger partial charge >= 0.3 is 5.97 Å². The maximum absolute atomic E-state index is 11.3. The molecule has 0 aliphatic rings. The van der Waals surface area contributed by atoms with E-state index in [0.29, 0.717) is 18.1 Å². The maximum Gasteiger partial charge on any atom is 0.344 e. The van der Waals surface area contributed by atoms with Gasteiger partial charge < -0.3 is 14.2 Å². The minimum Gasteiger partial charge on any atom is -0.487 e. The van der Waals surface area contributed by atoms with E-state index in [1.54, 1.807) is 13.0 Å². The van der Waals surface area contributed by atoms with Gasteiger partial charge in [0.15, 0.2) is 18.1 Å². The fourth-order valence-corrected chi connectivity index (χ4v) is 1.85. The number of carbonyl (C=O) groups is 1. The van der Waals surface area contributed by atoms with Crippen molar-refractivity contribution in [2.45, 2.75) is 46.1 Å². The Kier molecular flexibility index (Phi) is 7.55. The van der Waals surface area contributed by atoms with Gasteiger partial charge in [0.1, 0.15) is 0 Å². The van der Waals surface area contributed by atoms with Gasteiger partial charge in [0.2, 0.25) is 0 Å². The van der Waals surface area contributed by atoms with Gasteiger partial charge in [-0.2, -0.15) is 0 Å². The second kappa shape index (κ2) is 9.23. The van der Waals surface area contributed by atoms with E-state index in [1.165, 1.54) is 0 Å². The van der Waals surface area contributed by atoms with Crippen molar-refractivity contribution in [1.29, 1.82) is 0 Å². The third-order valence-corrected chi connectivity index (χ3v) is 2.86. The van der Waals surface area contributed by atoms with E-state index < -0.39 is 0 Å². The average Bonchev–Trinajstić information content (AvgIpc) is 2.46. The molecule has 0 heterocycles. The van der Waals surface area contributed by atoms with Crippen LogP contribution in [-0.2, 0) is 9.53 Å². The first-order chi connectivity index (χ1) is 9.71. The lowest BCUT2D eigenvalue weighted by Crippen LogP contribution is -2.17. The second-order valence-electron chi connectivity index (χ2n) is 4.48. The van der Waals surface area contributed by atoms with Gasteiger partial charge in [-0.15, -0.1) is 0 Å². The Labute approximate surface area is 121 Å². The highest BCUT2D eigenvalue weighted by Gasteiger charge is 2.12. The van der Waals surface area contributed by atoms with Crippen LogP contribution in [0.4, 0.5) is 0 Å². The van der Waals surface area contributed by atoms with Crippen LogP contribution < -0.4 is 9.47 Å². The zero-order valence-electron chi connectivity index (χ0n) is 12.6. The van der Waals surface area contributed by atoms with E-state index in [1.807, 2.05) is 18.2 Å².